The van der Waals surface area contributed by atoms with Gasteiger partial charge in [-0.15, -0.1) is 0 Å². The second-order valence-corrected chi connectivity index (χ2v) is 10.2. The molecule has 0 aliphatic carbocycles. The molecule has 0 N–H and O–H groups in total. The summed E-state index contributed by atoms with van der Waals surface area (Å²) in [6.07, 6.45) is 1.09. The van der Waals surface area contributed by atoms with Crippen molar-refractivity contribution in [3.8, 4) is 0 Å². The molecule has 2 aromatic heterocycles. The first-order chi connectivity index (χ1) is 19.5. The highest BCUT2D eigenvalue weighted by Gasteiger charge is 2.52. The standard InChI is InChI=1S/C27H40N4O10/c1-7-8-9-10-11-12-13-37-22-21(38-16(2)32)19(41-26(40-18(4)34)23(22)39-17(3)33)14-31-25(35)20-24(28-15-29(20)5)30(6)27(31)36/h15,19,21-23,26H,7-14H2,1-6H3/t19-,21-,22+,23-,26?/m1/s1. The number of aryl methyl sites for hydroxylation is 2. The molecule has 0 amide bonds. The number of carbonyl (C=O) groups excluding carboxylic acids is 3. The van der Waals surface area contributed by atoms with E-state index in [0.717, 1.165) is 43.6 Å². The molecule has 1 fully saturated rings. The van der Waals surface area contributed by atoms with Crippen molar-refractivity contribution in [2.75, 3.05) is 6.61 Å². The van der Waals surface area contributed by atoms with Gasteiger partial charge in [-0.3, -0.25) is 28.3 Å². The third-order valence-corrected chi connectivity index (χ3v) is 6.85. The Balaban J connectivity index is 2.01. The lowest BCUT2D eigenvalue weighted by molar-refractivity contribution is -0.302. The minimum atomic E-state index is -1.46. The first-order valence-electron chi connectivity index (χ1n) is 13.9. The molecule has 1 unspecified atom stereocenters. The molecule has 1 saturated heterocycles. The fourth-order valence-electron chi connectivity index (χ4n) is 4.96. The van der Waals surface area contributed by atoms with Gasteiger partial charge in [0.1, 0.15) is 12.2 Å². The van der Waals surface area contributed by atoms with Crippen molar-refractivity contribution >= 4 is 29.1 Å². The van der Waals surface area contributed by atoms with Crippen molar-refractivity contribution < 1.29 is 38.1 Å². The first-order valence-corrected chi connectivity index (χ1v) is 13.9. The van der Waals surface area contributed by atoms with E-state index in [-0.39, 0.29) is 24.3 Å². The average molecular weight is 581 g/mol. The summed E-state index contributed by atoms with van der Waals surface area (Å²) >= 11 is 0. The van der Waals surface area contributed by atoms with Gasteiger partial charge in [-0.05, 0) is 6.42 Å². The number of nitrogens with zero attached hydrogens (tertiary/aromatic N) is 4. The zero-order valence-electron chi connectivity index (χ0n) is 24.5. The Labute approximate surface area is 237 Å². The Kier molecular flexibility index (Phi) is 11.2. The molecule has 2 aromatic rings. The van der Waals surface area contributed by atoms with Crippen LogP contribution in [-0.4, -0.2) is 73.9 Å². The Bertz CT molecular complexity index is 1350. The van der Waals surface area contributed by atoms with Gasteiger partial charge in [0.15, 0.2) is 23.4 Å². The highest BCUT2D eigenvalue weighted by atomic mass is 16.7. The number of hydrogen-bond acceptors (Lipinski definition) is 11. The summed E-state index contributed by atoms with van der Waals surface area (Å²) in [7, 11) is 3.10. The van der Waals surface area contributed by atoms with Gasteiger partial charge in [0.2, 0.25) is 6.29 Å². The Morgan fingerprint density at radius 3 is 2.12 bits per heavy atom. The lowest BCUT2D eigenvalue weighted by Crippen LogP contribution is -2.63. The van der Waals surface area contributed by atoms with Crippen LogP contribution in [0.3, 0.4) is 0 Å². The predicted octanol–water partition coefficient (Wildman–Crippen LogP) is 1.33. The summed E-state index contributed by atoms with van der Waals surface area (Å²) in [5.74, 6) is -2.11. The number of unbranched alkanes of at least 4 members (excludes halogenated alkanes) is 5. The van der Waals surface area contributed by atoms with Gasteiger partial charge in [0, 0.05) is 41.5 Å². The molecule has 3 heterocycles. The van der Waals surface area contributed by atoms with Crippen LogP contribution in [0.5, 0.6) is 0 Å². The summed E-state index contributed by atoms with van der Waals surface area (Å²) < 4.78 is 32.2. The molecule has 0 radical (unpaired) electrons. The molecule has 0 aromatic carbocycles. The summed E-state index contributed by atoms with van der Waals surface area (Å²) in [5.41, 5.74) is -0.934. The molecule has 1 aliphatic rings. The number of ether oxygens (including phenoxy) is 5. The largest absolute Gasteiger partial charge is 0.457 e. The smallest absolute Gasteiger partial charge is 0.332 e. The van der Waals surface area contributed by atoms with Gasteiger partial charge >= 0.3 is 23.6 Å². The van der Waals surface area contributed by atoms with Crippen LogP contribution in [0.4, 0.5) is 0 Å². The van der Waals surface area contributed by atoms with Crippen LogP contribution in [-0.2, 0) is 58.7 Å². The Morgan fingerprint density at radius 2 is 1.49 bits per heavy atom. The second kappa shape index (κ2) is 14.4. The maximum absolute atomic E-state index is 13.4. The van der Waals surface area contributed by atoms with Crippen molar-refractivity contribution in [1.29, 1.82) is 0 Å². The van der Waals surface area contributed by atoms with Crippen molar-refractivity contribution in [2.24, 2.45) is 14.1 Å². The van der Waals surface area contributed by atoms with Crippen LogP contribution >= 0.6 is 0 Å². The van der Waals surface area contributed by atoms with E-state index >= 15 is 0 Å². The Morgan fingerprint density at radius 1 is 0.878 bits per heavy atom. The van der Waals surface area contributed by atoms with Crippen LogP contribution in [0.25, 0.3) is 11.2 Å². The number of rotatable bonds is 13. The highest BCUT2D eigenvalue weighted by Crippen LogP contribution is 2.30. The lowest BCUT2D eigenvalue weighted by atomic mass is 9.97. The van der Waals surface area contributed by atoms with Crippen molar-refractivity contribution in [2.45, 2.75) is 103 Å². The molecule has 14 nitrogen and oxygen atoms in total. The van der Waals surface area contributed by atoms with Gasteiger partial charge in [0.25, 0.3) is 5.56 Å². The fraction of sp³-hybridized carbons (Fsp3) is 0.704. The van der Waals surface area contributed by atoms with E-state index in [4.69, 9.17) is 23.7 Å². The molecular weight excluding hydrogens is 540 g/mol. The molecule has 0 spiro atoms. The van der Waals surface area contributed by atoms with E-state index in [2.05, 4.69) is 11.9 Å². The minimum Gasteiger partial charge on any atom is -0.457 e. The summed E-state index contributed by atoms with van der Waals surface area (Å²) in [6, 6.07) is 0. The zero-order valence-corrected chi connectivity index (χ0v) is 24.5. The molecule has 0 saturated carbocycles. The molecule has 14 heteroatoms. The maximum atomic E-state index is 13.4. The van der Waals surface area contributed by atoms with Gasteiger partial charge in [-0.2, -0.15) is 0 Å². The number of aromatic nitrogens is 4. The average Bonchev–Trinajstić information content (AvgIpc) is 3.28. The van der Waals surface area contributed by atoms with Gasteiger partial charge in [-0.1, -0.05) is 39.0 Å². The SMILES string of the molecule is CCCCCCCCO[C@H]1[C@H](OC(C)=O)[C@@H](Cn2c(=O)c3c(ncn3C)n(C)c2=O)OC(OC(C)=O)[C@@H]1OC(C)=O. The van der Waals surface area contributed by atoms with E-state index in [1.54, 1.807) is 7.05 Å². The Hall–Kier alpha value is -3.52. The molecule has 1 aliphatic heterocycles. The van der Waals surface area contributed by atoms with Gasteiger partial charge < -0.3 is 28.3 Å². The number of hydrogen-bond donors (Lipinski definition) is 0. The van der Waals surface area contributed by atoms with E-state index < -0.39 is 59.9 Å². The van der Waals surface area contributed by atoms with Crippen LogP contribution < -0.4 is 11.2 Å². The normalized spacial score (nSPS) is 22.4. The van der Waals surface area contributed by atoms with E-state index in [1.807, 2.05) is 0 Å². The second-order valence-electron chi connectivity index (χ2n) is 10.2. The molecule has 228 valence electrons. The van der Waals surface area contributed by atoms with Crippen LogP contribution in [0.15, 0.2) is 15.9 Å². The zero-order chi connectivity index (χ0) is 30.3. The number of esters is 3. The molecule has 41 heavy (non-hydrogen) atoms. The highest BCUT2D eigenvalue weighted by molar-refractivity contribution is 5.70. The predicted molar refractivity (Wildman–Crippen MR) is 145 cm³/mol. The molecule has 5 atom stereocenters. The van der Waals surface area contributed by atoms with Gasteiger partial charge in [-0.25, -0.2) is 9.78 Å². The lowest BCUT2D eigenvalue weighted by Gasteiger charge is -2.44. The maximum Gasteiger partial charge on any atom is 0.332 e. The topological polar surface area (TPSA) is 159 Å². The fourth-order valence-corrected chi connectivity index (χ4v) is 4.96. The van der Waals surface area contributed by atoms with E-state index in [1.165, 1.54) is 36.4 Å². The quantitative estimate of drug-likeness (QED) is 0.191. The van der Waals surface area contributed by atoms with Crippen LogP contribution in [0.2, 0.25) is 0 Å². The number of carbonyl (C=O) groups is 3. The molecule has 3 rings (SSSR count). The van der Waals surface area contributed by atoms with Crippen molar-refractivity contribution in [3.63, 3.8) is 0 Å². The van der Waals surface area contributed by atoms with Crippen molar-refractivity contribution in [3.05, 3.63) is 27.2 Å². The number of imidazole rings is 1. The van der Waals surface area contributed by atoms with Crippen molar-refractivity contribution in [1.82, 2.24) is 18.7 Å². The number of fused-ring (bicyclic) bond motifs is 1. The van der Waals surface area contributed by atoms with Gasteiger partial charge in [0.05, 0.1) is 12.9 Å². The molecule has 0 bridgehead atoms. The van der Waals surface area contributed by atoms with Crippen LogP contribution in [0, 0.1) is 0 Å². The summed E-state index contributed by atoms with van der Waals surface area (Å²) in [4.78, 5) is 67.0. The summed E-state index contributed by atoms with van der Waals surface area (Å²) in [6.45, 7) is 5.50. The minimum absolute atomic E-state index is 0.178. The third-order valence-electron chi connectivity index (χ3n) is 6.85. The van der Waals surface area contributed by atoms with Crippen LogP contribution in [0.1, 0.15) is 66.2 Å². The molecular formula is C27H40N4O10. The monoisotopic (exact) mass is 580 g/mol. The summed E-state index contributed by atoms with van der Waals surface area (Å²) in [5, 5.41) is 0. The first kappa shape index (κ1) is 32.0. The van der Waals surface area contributed by atoms with E-state index in [9.17, 15) is 24.0 Å². The van der Waals surface area contributed by atoms with E-state index in [0.29, 0.717) is 6.42 Å². The third kappa shape index (κ3) is 7.82.